The zero-order chi connectivity index (χ0) is 36.1. The fraction of sp³-hybridized carbons (Fsp3) is 0.282. The number of carbonyl (C=O) groups excluding carboxylic acids is 4. The summed E-state index contributed by atoms with van der Waals surface area (Å²) in [6, 6.07) is 19.6. The summed E-state index contributed by atoms with van der Waals surface area (Å²) < 4.78 is 10.6. The van der Waals surface area contributed by atoms with Gasteiger partial charge in [0, 0.05) is 70.6 Å². The van der Waals surface area contributed by atoms with E-state index >= 15 is 0 Å². The molecule has 3 heterocycles. The minimum Gasteiger partial charge on any atom is -0.467 e. The van der Waals surface area contributed by atoms with E-state index < -0.39 is 47.6 Å². The van der Waals surface area contributed by atoms with E-state index in [1.165, 1.54) is 7.11 Å². The number of methoxy groups -OCH3 is 1. The van der Waals surface area contributed by atoms with E-state index in [0.717, 1.165) is 49.4 Å². The molecule has 51 heavy (non-hydrogen) atoms. The van der Waals surface area contributed by atoms with Crippen LogP contribution in [0.2, 0.25) is 0 Å². The third-order valence-electron chi connectivity index (χ3n) is 8.74. The Morgan fingerprint density at radius 3 is 1.37 bits per heavy atom. The molecule has 0 fully saturated rings. The monoisotopic (exact) mass is 690 g/mol. The van der Waals surface area contributed by atoms with Gasteiger partial charge in [-0.3, -0.25) is 9.59 Å². The number of benzene rings is 3. The van der Waals surface area contributed by atoms with Crippen LogP contribution in [-0.4, -0.2) is 69.7 Å². The maximum atomic E-state index is 14.2. The highest BCUT2D eigenvalue weighted by atomic mass is 16.6. The second-order valence-electron chi connectivity index (χ2n) is 13.5. The Kier molecular flexibility index (Phi) is 10.1. The van der Waals surface area contributed by atoms with Gasteiger partial charge in [0.25, 0.3) is 0 Å². The van der Waals surface area contributed by atoms with Crippen molar-refractivity contribution in [2.24, 2.45) is 0 Å². The molecule has 6 rings (SSSR count). The zero-order valence-electron chi connectivity index (χ0n) is 29.0. The van der Waals surface area contributed by atoms with Crippen LogP contribution in [0.3, 0.4) is 0 Å². The molecule has 6 N–H and O–H groups in total. The quantitative estimate of drug-likeness (QED) is 0.0966. The molecule has 0 aliphatic rings. The lowest BCUT2D eigenvalue weighted by Crippen LogP contribution is -2.57. The van der Waals surface area contributed by atoms with Crippen molar-refractivity contribution >= 4 is 56.6 Å². The van der Waals surface area contributed by atoms with Crippen molar-refractivity contribution in [2.75, 3.05) is 7.11 Å². The second-order valence-corrected chi connectivity index (χ2v) is 13.5. The number of H-pyrrole nitrogens is 3. The van der Waals surface area contributed by atoms with Gasteiger partial charge in [-0.25, -0.2) is 9.59 Å². The van der Waals surface area contributed by atoms with Crippen molar-refractivity contribution in [3.8, 4) is 0 Å². The fourth-order valence-corrected chi connectivity index (χ4v) is 6.31. The van der Waals surface area contributed by atoms with E-state index in [9.17, 15) is 19.2 Å². The predicted molar refractivity (Wildman–Crippen MR) is 195 cm³/mol. The summed E-state index contributed by atoms with van der Waals surface area (Å²) in [5.74, 6) is -1.82. The van der Waals surface area contributed by atoms with Gasteiger partial charge in [-0.1, -0.05) is 54.6 Å². The third kappa shape index (κ3) is 8.23. The summed E-state index contributed by atoms with van der Waals surface area (Å²) in [6.45, 7) is 5.20. The Labute approximate surface area is 294 Å². The number of fused-ring (bicyclic) bond motifs is 3. The van der Waals surface area contributed by atoms with Crippen LogP contribution in [0, 0.1) is 0 Å². The largest absolute Gasteiger partial charge is 0.467 e. The topological polar surface area (TPSA) is 170 Å². The average Bonchev–Trinajstić information content (AvgIpc) is 3.83. The van der Waals surface area contributed by atoms with Crippen LogP contribution < -0.4 is 16.0 Å². The molecule has 0 unspecified atom stereocenters. The minimum atomic E-state index is -1.14. The highest BCUT2D eigenvalue weighted by Gasteiger charge is 2.32. The van der Waals surface area contributed by atoms with E-state index in [2.05, 4.69) is 30.9 Å². The van der Waals surface area contributed by atoms with Gasteiger partial charge < -0.3 is 40.4 Å². The number of esters is 1. The third-order valence-corrected chi connectivity index (χ3v) is 8.74. The van der Waals surface area contributed by atoms with Gasteiger partial charge >= 0.3 is 12.1 Å². The van der Waals surface area contributed by atoms with E-state index in [1.807, 2.05) is 72.8 Å². The summed E-state index contributed by atoms with van der Waals surface area (Å²) in [6.07, 6.45) is 4.98. The van der Waals surface area contributed by atoms with Crippen molar-refractivity contribution in [1.82, 2.24) is 30.9 Å². The molecule has 0 aliphatic heterocycles. The number of aromatic amines is 3. The number of amides is 3. The molecule has 264 valence electrons. The van der Waals surface area contributed by atoms with Gasteiger partial charge in [0.1, 0.15) is 23.7 Å². The first-order chi connectivity index (χ1) is 24.5. The summed E-state index contributed by atoms with van der Waals surface area (Å²) >= 11 is 0. The Morgan fingerprint density at radius 2 is 0.961 bits per heavy atom. The molecule has 0 spiro atoms. The lowest BCUT2D eigenvalue weighted by atomic mass is 10.0. The van der Waals surface area contributed by atoms with Crippen LogP contribution in [0.25, 0.3) is 32.7 Å². The number of carbonyl (C=O) groups is 4. The number of rotatable bonds is 12. The molecule has 3 aromatic heterocycles. The van der Waals surface area contributed by atoms with Crippen LogP contribution in [0.15, 0.2) is 91.4 Å². The summed E-state index contributed by atoms with van der Waals surface area (Å²) in [4.78, 5) is 64.2. The van der Waals surface area contributed by atoms with Crippen molar-refractivity contribution in [3.05, 3.63) is 108 Å². The van der Waals surface area contributed by atoms with Crippen molar-refractivity contribution in [3.63, 3.8) is 0 Å². The van der Waals surface area contributed by atoms with Crippen LogP contribution >= 0.6 is 0 Å². The standard InChI is InChI=1S/C39H42N6O6/c1-39(2,3)51-38(49)45-33(18-24-21-41-30-15-9-6-12-27(24)30)36(47)43-32(17-23-20-40-29-14-8-5-11-26(23)29)35(46)44-34(37(48)50-4)19-25-22-42-31-16-10-7-13-28(25)31/h5-16,20-22,32-34,40-42H,17-19H2,1-4H3,(H,43,47)(H,44,46)(H,45,49)/t32-,33-,34-/m0/s1. The van der Waals surface area contributed by atoms with E-state index in [-0.39, 0.29) is 19.3 Å². The summed E-state index contributed by atoms with van der Waals surface area (Å²) in [7, 11) is 1.26. The molecular formula is C39H42N6O6. The van der Waals surface area contributed by atoms with Crippen LogP contribution in [0.1, 0.15) is 37.5 Å². The first kappa shape index (κ1) is 34.8. The highest BCUT2D eigenvalue weighted by molar-refractivity contribution is 5.95. The molecule has 3 atom stereocenters. The van der Waals surface area contributed by atoms with Gasteiger partial charge in [-0.05, 0) is 55.7 Å². The highest BCUT2D eigenvalue weighted by Crippen LogP contribution is 2.23. The predicted octanol–water partition coefficient (Wildman–Crippen LogP) is 5.19. The van der Waals surface area contributed by atoms with Gasteiger partial charge in [0.05, 0.1) is 7.11 Å². The van der Waals surface area contributed by atoms with Gasteiger partial charge in [-0.15, -0.1) is 0 Å². The van der Waals surface area contributed by atoms with Crippen molar-refractivity contribution < 1.29 is 28.7 Å². The molecular weight excluding hydrogens is 648 g/mol. The lowest BCUT2D eigenvalue weighted by Gasteiger charge is -2.26. The number of para-hydroxylation sites is 3. The van der Waals surface area contributed by atoms with Crippen molar-refractivity contribution in [2.45, 2.75) is 63.8 Å². The average molecular weight is 691 g/mol. The summed E-state index contributed by atoms with van der Waals surface area (Å²) in [5.41, 5.74) is 4.23. The number of ether oxygens (including phenoxy) is 2. The molecule has 0 aliphatic carbocycles. The Bertz CT molecular complexity index is 2190. The number of hydrogen-bond donors (Lipinski definition) is 6. The maximum Gasteiger partial charge on any atom is 0.408 e. The molecule has 3 amide bonds. The lowest BCUT2D eigenvalue weighted by molar-refractivity contribution is -0.145. The van der Waals surface area contributed by atoms with E-state index in [4.69, 9.17) is 9.47 Å². The Morgan fingerprint density at radius 1 is 0.588 bits per heavy atom. The van der Waals surface area contributed by atoms with Gasteiger partial charge in [0.15, 0.2) is 0 Å². The smallest absolute Gasteiger partial charge is 0.408 e. The van der Waals surface area contributed by atoms with Crippen molar-refractivity contribution in [1.29, 1.82) is 0 Å². The zero-order valence-corrected chi connectivity index (χ0v) is 29.0. The molecule has 0 bridgehead atoms. The molecule has 12 heteroatoms. The molecule has 0 saturated heterocycles. The number of hydrogen-bond acceptors (Lipinski definition) is 6. The maximum absolute atomic E-state index is 14.2. The van der Waals surface area contributed by atoms with Crippen LogP contribution in [-0.2, 0) is 43.1 Å². The first-order valence-electron chi connectivity index (χ1n) is 16.8. The molecule has 0 saturated carbocycles. The van der Waals surface area contributed by atoms with Gasteiger partial charge in [0.2, 0.25) is 11.8 Å². The SMILES string of the molecule is COC(=O)[C@H](Cc1c[nH]c2ccccc12)NC(=O)[C@H](Cc1c[nH]c2ccccc12)NC(=O)[C@H](Cc1c[nH]c2ccccc12)NC(=O)OC(C)(C)C. The van der Waals surface area contributed by atoms with Gasteiger partial charge in [-0.2, -0.15) is 0 Å². The molecule has 12 nitrogen and oxygen atoms in total. The summed E-state index contributed by atoms with van der Waals surface area (Å²) in [5, 5.41) is 11.2. The minimum absolute atomic E-state index is 0.0921. The van der Waals surface area contributed by atoms with E-state index in [1.54, 1.807) is 39.4 Å². The van der Waals surface area contributed by atoms with Crippen LogP contribution in [0.5, 0.6) is 0 Å². The molecule has 3 aromatic carbocycles. The number of aromatic nitrogens is 3. The van der Waals surface area contributed by atoms with E-state index in [0.29, 0.717) is 0 Å². The fourth-order valence-electron chi connectivity index (χ4n) is 6.31. The number of nitrogens with one attached hydrogen (secondary N) is 6. The van der Waals surface area contributed by atoms with Crippen LogP contribution in [0.4, 0.5) is 4.79 Å². The normalized spacial score (nSPS) is 13.4. The first-order valence-corrected chi connectivity index (χ1v) is 16.8. The molecule has 6 aromatic rings. The molecule has 0 radical (unpaired) electrons. The second kappa shape index (κ2) is 14.8. The number of alkyl carbamates (subject to hydrolysis) is 1. The Hall–Kier alpha value is -6.04. The Balaban J connectivity index is 1.30.